The van der Waals surface area contributed by atoms with E-state index in [4.69, 9.17) is 22.2 Å². The molecule has 3 heteroatoms. The van der Waals surface area contributed by atoms with Gasteiger partial charge in [-0.2, -0.15) is 0 Å². The van der Waals surface area contributed by atoms with E-state index < -0.39 is 6.69 Å². The minimum Gasteiger partial charge on any atom is -0.145 e. The second-order valence-electron chi connectivity index (χ2n) is 3.49. The largest absolute Gasteiger partial charge is 0.255 e. The minimum absolute atomic E-state index is 0.216. The Hall–Kier alpha value is -0.243. The van der Waals surface area contributed by atoms with E-state index in [-0.39, 0.29) is 5.54 Å². The van der Waals surface area contributed by atoms with Crippen LogP contribution in [0.4, 0.5) is 0 Å². The molecule has 0 radical (unpaired) electrons. The third-order valence-electron chi connectivity index (χ3n) is 2.23. The number of benzene rings is 1. The Balaban J connectivity index is 2.72. The normalized spacial score (nSPS) is 13.6. The zero-order chi connectivity index (χ0) is 10.6. The fourth-order valence-corrected chi connectivity index (χ4v) is 3.34. The lowest BCUT2D eigenvalue weighted by atomic mass is 10.1. The predicted octanol–water partition coefficient (Wildman–Crippen LogP) is 4.33. The van der Waals surface area contributed by atoms with Gasteiger partial charge in [0, 0.05) is 5.54 Å². The summed E-state index contributed by atoms with van der Waals surface area (Å²) in [5.41, 5.74) is 1.48. The van der Waals surface area contributed by atoms with Crippen LogP contribution in [0.2, 0.25) is 12.1 Å². The molecule has 0 amide bonds. The zero-order valence-corrected chi connectivity index (χ0v) is 10.7. The highest BCUT2D eigenvalue weighted by Crippen LogP contribution is 2.33. The summed E-state index contributed by atoms with van der Waals surface area (Å²) in [7, 11) is 0. The molecule has 0 aromatic heterocycles. The monoisotopic (exact) mass is 244 g/mol. The van der Waals surface area contributed by atoms with Crippen molar-refractivity contribution in [2.24, 2.45) is 0 Å². The highest BCUT2D eigenvalue weighted by molar-refractivity contribution is 7.45. The van der Waals surface area contributed by atoms with E-state index in [0.717, 1.165) is 6.42 Å². The standard InChI is InChI=1S/C11H14Cl2Si/c1-3-11(14(2,12)13)9-10-7-5-4-6-8-10/h3-8,11H,1,9H2,2H3. The van der Waals surface area contributed by atoms with Crippen molar-refractivity contribution in [3.8, 4) is 0 Å². The summed E-state index contributed by atoms with van der Waals surface area (Å²) in [6.07, 6.45) is 2.76. The van der Waals surface area contributed by atoms with Crippen molar-refractivity contribution in [1.29, 1.82) is 0 Å². The summed E-state index contributed by atoms with van der Waals surface area (Å²) in [6.45, 7) is 3.58. The Kier molecular flexibility index (Phi) is 4.23. The van der Waals surface area contributed by atoms with Gasteiger partial charge in [0.2, 0.25) is 0 Å². The maximum absolute atomic E-state index is 6.18. The first-order valence-corrected chi connectivity index (χ1v) is 9.18. The summed E-state index contributed by atoms with van der Waals surface area (Å²) >= 11 is 12.4. The van der Waals surface area contributed by atoms with Crippen molar-refractivity contribution in [3.63, 3.8) is 0 Å². The molecule has 14 heavy (non-hydrogen) atoms. The van der Waals surface area contributed by atoms with Crippen LogP contribution in [0.15, 0.2) is 43.0 Å². The van der Waals surface area contributed by atoms with E-state index >= 15 is 0 Å². The van der Waals surface area contributed by atoms with Gasteiger partial charge < -0.3 is 0 Å². The number of halogens is 2. The SMILES string of the molecule is C=CC(Cc1ccccc1)[Si](C)(Cl)Cl. The lowest BCUT2D eigenvalue weighted by molar-refractivity contribution is 0.978. The van der Waals surface area contributed by atoms with Crippen molar-refractivity contribution < 1.29 is 0 Å². The van der Waals surface area contributed by atoms with Crippen LogP contribution < -0.4 is 0 Å². The first kappa shape index (κ1) is 11.8. The van der Waals surface area contributed by atoms with Crippen molar-refractivity contribution in [2.75, 3.05) is 0 Å². The maximum Gasteiger partial charge on any atom is 0.255 e. The fourth-order valence-electron chi connectivity index (χ4n) is 1.34. The van der Waals surface area contributed by atoms with Crippen molar-refractivity contribution in [1.82, 2.24) is 0 Å². The van der Waals surface area contributed by atoms with E-state index in [9.17, 15) is 0 Å². The number of hydrogen-bond acceptors (Lipinski definition) is 0. The molecule has 0 aliphatic rings. The van der Waals surface area contributed by atoms with Gasteiger partial charge in [-0.15, -0.1) is 28.7 Å². The lowest BCUT2D eigenvalue weighted by Crippen LogP contribution is -2.22. The fraction of sp³-hybridized carbons (Fsp3) is 0.273. The van der Waals surface area contributed by atoms with Crippen molar-refractivity contribution >= 4 is 28.9 Å². The second kappa shape index (κ2) is 5.01. The van der Waals surface area contributed by atoms with Gasteiger partial charge in [-0.3, -0.25) is 0 Å². The minimum atomic E-state index is -2.14. The van der Waals surface area contributed by atoms with Gasteiger partial charge in [0.15, 0.2) is 0 Å². The Morgan fingerprint density at radius 3 is 2.36 bits per heavy atom. The molecule has 0 N–H and O–H groups in total. The van der Waals surface area contributed by atoms with Crippen LogP contribution in [0.5, 0.6) is 0 Å². The predicted molar refractivity (Wildman–Crippen MR) is 67.4 cm³/mol. The Morgan fingerprint density at radius 1 is 1.36 bits per heavy atom. The van der Waals surface area contributed by atoms with Gasteiger partial charge in [0.1, 0.15) is 0 Å². The van der Waals surface area contributed by atoms with Crippen molar-refractivity contribution in [3.05, 3.63) is 48.6 Å². The molecule has 1 rings (SSSR count). The molecule has 0 spiro atoms. The molecule has 1 aromatic carbocycles. The van der Waals surface area contributed by atoms with E-state index in [0.29, 0.717) is 0 Å². The highest BCUT2D eigenvalue weighted by atomic mass is 35.7. The van der Waals surface area contributed by atoms with Crippen LogP contribution in [-0.4, -0.2) is 6.69 Å². The molecule has 1 atom stereocenters. The zero-order valence-electron chi connectivity index (χ0n) is 8.21. The summed E-state index contributed by atoms with van der Waals surface area (Å²) in [5.74, 6) is 0. The third kappa shape index (κ3) is 3.49. The smallest absolute Gasteiger partial charge is 0.145 e. The topological polar surface area (TPSA) is 0 Å². The van der Waals surface area contributed by atoms with Gasteiger partial charge in [0.25, 0.3) is 6.69 Å². The number of hydrogen-bond donors (Lipinski definition) is 0. The number of allylic oxidation sites excluding steroid dienone is 1. The van der Waals surface area contributed by atoms with Gasteiger partial charge >= 0.3 is 0 Å². The Morgan fingerprint density at radius 2 is 1.93 bits per heavy atom. The third-order valence-corrected chi connectivity index (χ3v) is 5.66. The van der Waals surface area contributed by atoms with Crippen LogP contribution in [0.25, 0.3) is 0 Å². The molecule has 0 aliphatic carbocycles. The van der Waals surface area contributed by atoms with Crippen molar-refractivity contribution in [2.45, 2.75) is 18.5 Å². The first-order chi connectivity index (χ1) is 6.54. The average Bonchev–Trinajstić information content (AvgIpc) is 2.14. The van der Waals surface area contributed by atoms with E-state index in [1.165, 1.54) is 5.56 Å². The first-order valence-electron chi connectivity index (χ1n) is 4.58. The van der Waals surface area contributed by atoms with Gasteiger partial charge in [-0.25, -0.2) is 0 Å². The van der Waals surface area contributed by atoms with Gasteiger partial charge in [-0.1, -0.05) is 36.4 Å². The quantitative estimate of drug-likeness (QED) is 0.420. The van der Waals surface area contributed by atoms with Gasteiger partial charge in [-0.05, 0) is 18.5 Å². The molecular weight excluding hydrogens is 231 g/mol. The van der Waals surface area contributed by atoms with Crippen LogP contribution in [-0.2, 0) is 6.42 Å². The summed E-state index contributed by atoms with van der Waals surface area (Å²) < 4.78 is 0. The molecule has 0 aliphatic heterocycles. The van der Waals surface area contributed by atoms with E-state index in [1.807, 2.05) is 30.8 Å². The van der Waals surface area contributed by atoms with E-state index in [1.54, 1.807) is 0 Å². The summed E-state index contributed by atoms with van der Waals surface area (Å²) in [5, 5.41) is 0. The molecule has 0 bridgehead atoms. The van der Waals surface area contributed by atoms with Crippen LogP contribution >= 0.6 is 22.2 Å². The summed E-state index contributed by atoms with van der Waals surface area (Å²) in [4.78, 5) is 0. The summed E-state index contributed by atoms with van der Waals surface area (Å²) in [6, 6.07) is 10.2. The Bertz CT molecular complexity index is 290. The van der Waals surface area contributed by atoms with Crippen LogP contribution in [0.1, 0.15) is 5.56 Å². The molecule has 0 saturated carbocycles. The molecular formula is C11H14Cl2Si. The molecule has 0 heterocycles. The molecule has 0 fully saturated rings. The molecule has 76 valence electrons. The molecule has 1 unspecified atom stereocenters. The van der Waals surface area contributed by atoms with Gasteiger partial charge in [0.05, 0.1) is 0 Å². The Labute approximate surface area is 96.0 Å². The van der Waals surface area contributed by atoms with E-state index in [2.05, 4.69) is 18.7 Å². The molecule has 1 aromatic rings. The lowest BCUT2D eigenvalue weighted by Gasteiger charge is -2.20. The highest BCUT2D eigenvalue weighted by Gasteiger charge is 2.30. The second-order valence-corrected chi connectivity index (χ2v) is 11.4. The van der Waals surface area contributed by atoms with Crippen LogP contribution in [0, 0.1) is 0 Å². The maximum atomic E-state index is 6.18. The molecule has 0 nitrogen and oxygen atoms in total. The van der Waals surface area contributed by atoms with Crippen LogP contribution in [0.3, 0.4) is 0 Å². The molecule has 0 saturated heterocycles. The number of rotatable bonds is 4. The average molecular weight is 245 g/mol.